The summed E-state index contributed by atoms with van der Waals surface area (Å²) in [6, 6.07) is 23.1. The van der Waals surface area contributed by atoms with E-state index >= 15 is 0 Å². The van der Waals surface area contributed by atoms with Crippen LogP contribution in [0.25, 0.3) is 0 Å². The summed E-state index contributed by atoms with van der Waals surface area (Å²) >= 11 is 0. The molecule has 2 atom stereocenters. The van der Waals surface area contributed by atoms with Crippen LogP contribution in [0.15, 0.2) is 60.7 Å². The van der Waals surface area contributed by atoms with Crippen molar-refractivity contribution in [2.24, 2.45) is 0 Å². The summed E-state index contributed by atoms with van der Waals surface area (Å²) in [7, 11) is -1.12. The smallest absolute Gasteiger partial charge is 0.308 e. The fraction of sp³-hybridized carbons (Fsp3) is 0.576. The zero-order valence-electron chi connectivity index (χ0n) is 29.8. The van der Waals surface area contributed by atoms with Crippen LogP contribution in [0.1, 0.15) is 25.0 Å². The number of benzene rings is 2. The molecule has 0 unspecified atom stereocenters. The molecule has 15 nitrogen and oxygen atoms in total. The van der Waals surface area contributed by atoms with Crippen molar-refractivity contribution in [3.63, 3.8) is 0 Å². The number of carbonyl (C=O) groups excluding carboxylic acids is 1. The number of hydrogen-bond donors (Lipinski definition) is 0. The minimum atomic E-state index is -4.94. The molecule has 5 rings (SSSR count). The monoisotopic (exact) mass is 800 g/mol. The number of ketones is 1. The number of halogens is 2. The zero-order valence-corrected chi connectivity index (χ0v) is 32.3. The van der Waals surface area contributed by atoms with Gasteiger partial charge in [0, 0.05) is 77.9 Å². The fourth-order valence-corrected chi connectivity index (χ4v) is 7.31. The third-order valence-corrected chi connectivity index (χ3v) is 9.14. The van der Waals surface area contributed by atoms with E-state index in [9.17, 15) is 4.79 Å². The molecular weight excluding hydrogens is 754 g/mol. The standard InChI is InChI=1S/C31H45N5O.C2H3N.2ClHO4.Ni/c1-29(20-33(4)17-18-34(5)21-29)36-24-30(26-12-8-6-9-13-26)22-35(19-16-32(2)3)23-31(25-36,28(30)37)27-14-10-7-11-15-27;1-2-3;2*2-1(3,4)5;/h6-15H,16-25H2,1-5H3;1H3;2*(H,2,3,4,5);/q;;;;+2/p-2/t30-,31+;;;;. The molecule has 0 aliphatic carbocycles. The number of likely N-dealkylation sites (N-methyl/N-ethyl adjacent to an activating group) is 3. The van der Waals surface area contributed by atoms with Crippen molar-refractivity contribution in [2.45, 2.75) is 30.2 Å². The van der Waals surface area contributed by atoms with Crippen LogP contribution in [0.5, 0.6) is 0 Å². The molecule has 0 N–H and O–H groups in total. The van der Waals surface area contributed by atoms with Gasteiger partial charge in [-0.2, -0.15) is 5.26 Å². The van der Waals surface area contributed by atoms with Crippen LogP contribution in [0.2, 0.25) is 0 Å². The first-order chi connectivity index (χ1) is 23.1. The molecule has 3 fully saturated rings. The Morgan fingerprint density at radius 1 is 0.725 bits per heavy atom. The van der Waals surface area contributed by atoms with Gasteiger partial charge in [0.25, 0.3) is 0 Å². The quantitative estimate of drug-likeness (QED) is 0.247. The molecule has 3 heterocycles. The van der Waals surface area contributed by atoms with Crippen molar-refractivity contribution in [3.8, 4) is 6.07 Å². The van der Waals surface area contributed by atoms with Crippen LogP contribution in [-0.2, 0) is 32.1 Å². The fourth-order valence-electron chi connectivity index (χ4n) is 7.31. The van der Waals surface area contributed by atoms with Gasteiger partial charge in [0.1, 0.15) is 0 Å². The van der Waals surface area contributed by atoms with E-state index in [0.29, 0.717) is 5.78 Å². The molecule has 3 saturated heterocycles. The Balaban J connectivity index is 0.000000802. The normalized spacial score (nSPS) is 24.2. The maximum absolute atomic E-state index is 15.0. The average Bonchev–Trinajstić information content (AvgIpc) is 3.13. The van der Waals surface area contributed by atoms with Crippen molar-refractivity contribution < 1.29 is 79.0 Å². The van der Waals surface area contributed by atoms with E-state index in [0.717, 1.165) is 65.4 Å². The Morgan fingerprint density at radius 3 is 1.37 bits per heavy atom. The molecule has 0 radical (unpaired) electrons. The molecule has 0 aromatic heterocycles. The summed E-state index contributed by atoms with van der Waals surface area (Å²) in [6.45, 7) is 13.0. The van der Waals surface area contributed by atoms with Gasteiger partial charge < -0.3 is 14.7 Å². The average molecular weight is 802 g/mol. The molecule has 2 bridgehead atoms. The zero-order chi connectivity index (χ0) is 38.0. The number of hydrogen-bond acceptors (Lipinski definition) is 15. The van der Waals surface area contributed by atoms with E-state index in [2.05, 4.69) is 120 Å². The third kappa shape index (κ3) is 14.5. The topological polar surface area (TPSA) is 242 Å². The third-order valence-electron chi connectivity index (χ3n) is 9.14. The van der Waals surface area contributed by atoms with Crippen LogP contribution < -0.4 is 37.3 Å². The molecule has 2 aromatic carbocycles. The predicted octanol–water partition coefficient (Wildman–Crippen LogP) is -6.72. The van der Waals surface area contributed by atoms with Crippen molar-refractivity contribution in [3.05, 3.63) is 71.8 Å². The number of nitrogens with zero attached hydrogens (tertiary/aromatic N) is 6. The molecule has 3 aliphatic heterocycles. The molecule has 288 valence electrons. The number of fused-ring (bicyclic) bond motifs is 2. The van der Waals surface area contributed by atoms with Gasteiger partial charge in [-0.1, -0.05) is 60.7 Å². The number of carbonyl (C=O) groups is 1. The van der Waals surface area contributed by atoms with Gasteiger partial charge in [-0.15, -0.1) is 20.5 Å². The Hall–Kier alpha value is -1.85. The molecule has 51 heavy (non-hydrogen) atoms. The Kier molecular flexibility index (Phi) is 18.5. The summed E-state index contributed by atoms with van der Waals surface area (Å²) in [4.78, 5) is 27.5. The second-order valence-corrected chi connectivity index (χ2v) is 15.1. The first-order valence-electron chi connectivity index (χ1n) is 15.8. The number of rotatable bonds is 6. The van der Waals surface area contributed by atoms with E-state index in [1.807, 2.05) is 0 Å². The van der Waals surface area contributed by atoms with Gasteiger partial charge in [0.2, 0.25) is 0 Å². The van der Waals surface area contributed by atoms with Crippen molar-refractivity contribution in [1.29, 1.82) is 5.26 Å². The van der Waals surface area contributed by atoms with Crippen LogP contribution >= 0.6 is 0 Å². The first kappa shape index (κ1) is 47.2. The summed E-state index contributed by atoms with van der Waals surface area (Å²) < 4.78 is 67.9. The maximum Gasteiger partial charge on any atom is 2.00 e. The van der Waals surface area contributed by atoms with Gasteiger partial charge in [0.15, 0.2) is 5.78 Å². The predicted molar refractivity (Wildman–Crippen MR) is 162 cm³/mol. The van der Waals surface area contributed by atoms with Gasteiger partial charge in [0.05, 0.1) is 16.9 Å². The largest absolute Gasteiger partial charge is 2.00 e. The van der Waals surface area contributed by atoms with E-state index in [1.54, 1.807) is 6.07 Å². The van der Waals surface area contributed by atoms with Crippen LogP contribution in [-0.4, -0.2) is 129 Å². The number of likely N-dealkylation sites (tertiary alicyclic amines) is 2. The molecule has 0 spiro atoms. The Morgan fingerprint density at radius 2 is 1.06 bits per heavy atom. The number of Topliss-reactive ketones (excluding diaryl/α,β-unsaturated/α-hetero) is 1. The SMILES string of the molecule is CC#N.CN(C)CCN1C[C@]2(c3ccccc3)CN(C3(C)CN(C)CCN(C)C3)C[C@](c3ccccc3)(C1)C2=O.[Ni+2].[O-][Cl+3]([O-])([O-])[O-].[O-][Cl+3]([O-])([O-])[O-]. The molecule has 18 heteroatoms. The van der Waals surface area contributed by atoms with Crippen molar-refractivity contribution >= 4 is 5.78 Å². The molecular formula is C33H48Cl2N6NiO9. The minimum absolute atomic E-state index is 0. The number of nitriles is 1. The summed E-state index contributed by atoms with van der Waals surface area (Å²) in [6.07, 6.45) is 0. The van der Waals surface area contributed by atoms with Crippen LogP contribution in [0, 0.1) is 31.8 Å². The summed E-state index contributed by atoms with van der Waals surface area (Å²) in [5, 5.41) is 7.32. The van der Waals surface area contributed by atoms with Crippen molar-refractivity contribution in [2.75, 3.05) is 93.6 Å². The molecule has 0 saturated carbocycles. The van der Waals surface area contributed by atoms with Crippen LogP contribution in [0.4, 0.5) is 0 Å². The number of piperidine rings is 2. The molecule has 0 amide bonds. The van der Waals surface area contributed by atoms with E-state index < -0.39 is 31.3 Å². The second-order valence-electron chi connectivity index (χ2n) is 13.5. The summed E-state index contributed by atoms with van der Waals surface area (Å²) in [5.41, 5.74) is 1.16. The van der Waals surface area contributed by atoms with E-state index in [4.69, 9.17) is 42.5 Å². The minimum Gasteiger partial charge on any atom is -0.308 e. The van der Waals surface area contributed by atoms with Crippen molar-refractivity contribution in [1.82, 2.24) is 24.5 Å². The Labute approximate surface area is 315 Å². The van der Waals surface area contributed by atoms with E-state index in [-0.39, 0.29) is 22.0 Å². The van der Waals surface area contributed by atoms with Gasteiger partial charge in [-0.25, -0.2) is 37.3 Å². The molecule has 3 aliphatic rings. The van der Waals surface area contributed by atoms with Crippen LogP contribution in [0.3, 0.4) is 0 Å². The summed E-state index contributed by atoms with van der Waals surface area (Å²) in [5.74, 6) is 0.411. The molecule has 2 aromatic rings. The maximum atomic E-state index is 15.0. The first-order valence-corrected chi connectivity index (χ1v) is 18.2. The second kappa shape index (κ2) is 20.0. The van der Waals surface area contributed by atoms with E-state index in [1.165, 1.54) is 18.1 Å². The van der Waals surface area contributed by atoms with Gasteiger partial charge >= 0.3 is 16.5 Å². The Bertz CT molecular complexity index is 1290. The van der Waals surface area contributed by atoms with Gasteiger partial charge in [-0.05, 0) is 46.2 Å². The van der Waals surface area contributed by atoms with Gasteiger partial charge in [-0.3, -0.25) is 14.6 Å².